The van der Waals surface area contributed by atoms with E-state index < -0.39 is 8.80 Å². The van der Waals surface area contributed by atoms with Crippen molar-refractivity contribution in [3.05, 3.63) is 0 Å². The first kappa shape index (κ1) is 18.5. The number of nitrogens with two attached hydrogens (primary N) is 1. The second-order valence-electron chi connectivity index (χ2n) is 3.91. The molecule has 0 radical (unpaired) electrons. The molecule has 0 heterocycles. The average molecular weight is 293 g/mol. The molecule has 0 aromatic rings. The van der Waals surface area contributed by atoms with E-state index in [0.29, 0.717) is 33.0 Å². The Hall–Kier alpha value is -0.473. The summed E-state index contributed by atoms with van der Waals surface area (Å²) >= 11 is 0. The number of carbonyl (C=O) groups excluding carboxylic acids is 1. The van der Waals surface area contributed by atoms with E-state index in [-0.39, 0.29) is 12.3 Å². The molecule has 7 heteroatoms. The highest BCUT2D eigenvalue weighted by Crippen LogP contribution is 2.18. The van der Waals surface area contributed by atoms with E-state index in [4.69, 9.17) is 23.7 Å². The summed E-state index contributed by atoms with van der Waals surface area (Å²) in [7, 11) is -2.55. The van der Waals surface area contributed by atoms with Crippen molar-refractivity contribution in [3.63, 3.8) is 0 Å². The number of primary amides is 1. The lowest BCUT2D eigenvalue weighted by Crippen LogP contribution is -2.46. The third kappa shape index (κ3) is 9.12. The molecule has 19 heavy (non-hydrogen) atoms. The van der Waals surface area contributed by atoms with Crippen molar-refractivity contribution in [1.82, 2.24) is 0 Å². The maximum absolute atomic E-state index is 10.5. The predicted molar refractivity (Wildman–Crippen MR) is 74.7 cm³/mol. The fraction of sp³-hybridized carbons (Fsp3) is 0.917. The highest BCUT2D eigenvalue weighted by molar-refractivity contribution is 6.60. The molecule has 0 atom stereocenters. The van der Waals surface area contributed by atoms with Crippen LogP contribution in [0.1, 0.15) is 33.6 Å². The van der Waals surface area contributed by atoms with E-state index in [1.54, 1.807) is 0 Å². The van der Waals surface area contributed by atoms with E-state index in [1.165, 1.54) is 0 Å². The van der Waals surface area contributed by atoms with Gasteiger partial charge in [-0.2, -0.15) is 0 Å². The van der Waals surface area contributed by atoms with Gasteiger partial charge in [0.1, 0.15) is 0 Å². The molecular weight excluding hydrogens is 266 g/mol. The van der Waals surface area contributed by atoms with Crippen LogP contribution in [0.25, 0.3) is 0 Å². The molecule has 0 saturated carbocycles. The van der Waals surface area contributed by atoms with Gasteiger partial charge in [0.15, 0.2) is 0 Å². The van der Waals surface area contributed by atoms with Crippen LogP contribution >= 0.6 is 0 Å². The van der Waals surface area contributed by atoms with Gasteiger partial charge in [-0.05, 0) is 27.2 Å². The number of carbonyl (C=O) groups is 1. The molecule has 0 aliphatic carbocycles. The average Bonchev–Trinajstić information content (AvgIpc) is 2.34. The van der Waals surface area contributed by atoms with Gasteiger partial charge >= 0.3 is 8.80 Å². The zero-order valence-corrected chi connectivity index (χ0v) is 13.3. The zero-order chi connectivity index (χ0) is 14.6. The van der Waals surface area contributed by atoms with Gasteiger partial charge in [0.25, 0.3) is 0 Å². The SMILES string of the molecule is CCO[Si](CCCOCCC(N)=O)(OCC)OCC. The van der Waals surface area contributed by atoms with Crippen molar-refractivity contribution in [1.29, 1.82) is 0 Å². The number of amides is 1. The molecule has 0 aliphatic rings. The Labute approximate surface area is 116 Å². The van der Waals surface area contributed by atoms with Gasteiger partial charge in [0.05, 0.1) is 6.61 Å². The third-order valence-electron chi connectivity index (χ3n) is 2.36. The van der Waals surface area contributed by atoms with Crippen molar-refractivity contribution in [3.8, 4) is 0 Å². The lowest BCUT2D eigenvalue weighted by molar-refractivity contribution is -0.119. The molecule has 0 spiro atoms. The summed E-state index contributed by atoms with van der Waals surface area (Å²) in [5.74, 6) is -0.346. The highest BCUT2D eigenvalue weighted by Gasteiger charge is 2.39. The lowest BCUT2D eigenvalue weighted by atomic mass is 10.4. The minimum atomic E-state index is -2.55. The first-order valence-corrected chi connectivity index (χ1v) is 8.81. The first-order chi connectivity index (χ1) is 9.10. The smallest absolute Gasteiger partial charge is 0.381 e. The molecule has 0 saturated heterocycles. The second kappa shape index (κ2) is 11.4. The monoisotopic (exact) mass is 293 g/mol. The van der Waals surface area contributed by atoms with Crippen LogP contribution in [0.15, 0.2) is 0 Å². The minimum Gasteiger partial charge on any atom is -0.381 e. The van der Waals surface area contributed by atoms with Crippen LogP contribution in [0.3, 0.4) is 0 Å². The standard InChI is InChI=1S/C12H27NO5Si/c1-4-16-19(17-5-2,18-6-3)11-7-9-15-10-8-12(13)14/h4-11H2,1-3H3,(H2,13,14). The van der Waals surface area contributed by atoms with Crippen LogP contribution in [0.4, 0.5) is 0 Å². The molecule has 0 aliphatic heterocycles. The van der Waals surface area contributed by atoms with Crippen molar-refractivity contribution < 1.29 is 22.8 Å². The summed E-state index contributed by atoms with van der Waals surface area (Å²) in [6.07, 6.45) is 1.04. The Bertz CT molecular complexity index is 223. The second-order valence-corrected chi connectivity index (χ2v) is 6.65. The highest BCUT2D eigenvalue weighted by atomic mass is 28.4. The van der Waals surface area contributed by atoms with Gasteiger partial charge in [-0.25, -0.2) is 0 Å². The van der Waals surface area contributed by atoms with E-state index in [1.807, 2.05) is 20.8 Å². The van der Waals surface area contributed by atoms with Crippen molar-refractivity contribution in [2.45, 2.75) is 39.7 Å². The van der Waals surface area contributed by atoms with Crippen LogP contribution in [0.2, 0.25) is 6.04 Å². The van der Waals surface area contributed by atoms with Crippen molar-refractivity contribution in [2.75, 3.05) is 33.0 Å². The normalized spacial score (nSPS) is 11.7. The maximum atomic E-state index is 10.5. The Morgan fingerprint density at radius 3 is 1.95 bits per heavy atom. The molecule has 0 aromatic carbocycles. The molecule has 0 aromatic heterocycles. The van der Waals surface area contributed by atoms with Gasteiger partial charge in [-0.1, -0.05) is 0 Å². The van der Waals surface area contributed by atoms with Crippen LogP contribution in [-0.2, 0) is 22.8 Å². The van der Waals surface area contributed by atoms with E-state index >= 15 is 0 Å². The van der Waals surface area contributed by atoms with Crippen LogP contribution in [0, 0.1) is 0 Å². The summed E-state index contributed by atoms with van der Waals surface area (Å²) in [5, 5.41) is 0. The topological polar surface area (TPSA) is 80.0 Å². The Morgan fingerprint density at radius 1 is 1.00 bits per heavy atom. The van der Waals surface area contributed by atoms with Gasteiger partial charge < -0.3 is 23.7 Å². The third-order valence-corrected chi connectivity index (χ3v) is 5.51. The molecule has 2 N–H and O–H groups in total. The number of hydrogen-bond donors (Lipinski definition) is 1. The van der Waals surface area contributed by atoms with E-state index in [0.717, 1.165) is 12.5 Å². The maximum Gasteiger partial charge on any atom is 0.501 e. The van der Waals surface area contributed by atoms with Crippen LogP contribution in [0.5, 0.6) is 0 Å². The minimum absolute atomic E-state index is 0.255. The molecule has 1 amide bonds. The molecule has 0 bridgehead atoms. The Kier molecular flexibility index (Phi) is 11.1. The van der Waals surface area contributed by atoms with Crippen molar-refractivity contribution in [2.24, 2.45) is 5.73 Å². The fourth-order valence-corrected chi connectivity index (χ4v) is 4.25. The lowest BCUT2D eigenvalue weighted by Gasteiger charge is -2.28. The fourth-order valence-electron chi connectivity index (χ4n) is 1.67. The summed E-state index contributed by atoms with van der Waals surface area (Å²) in [6, 6.07) is 0.721. The first-order valence-electron chi connectivity index (χ1n) is 6.88. The summed E-state index contributed by atoms with van der Waals surface area (Å²) in [5.41, 5.74) is 5.02. The zero-order valence-electron chi connectivity index (χ0n) is 12.3. The predicted octanol–water partition coefficient (Wildman–Crippen LogP) is 1.32. The molecule has 6 nitrogen and oxygen atoms in total. The van der Waals surface area contributed by atoms with Crippen molar-refractivity contribution >= 4 is 14.7 Å². The molecule has 114 valence electrons. The van der Waals surface area contributed by atoms with Gasteiger partial charge in [0, 0.05) is 38.9 Å². The molecule has 0 rings (SSSR count). The Balaban J connectivity index is 3.99. The Morgan fingerprint density at radius 2 is 1.53 bits per heavy atom. The van der Waals surface area contributed by atoms with E-state index in [9.17, 15) is 4.79 Å². The van der Waals surface area contributed by atoms with Crippen LogP contribution < -0.4 is 5.73 Å². The van der Waals surface area contributed by atoms with Gasteiger partial charge in [0.2, 0.25) is 5.91 Å². The quantitative estimate of drug-likeness (QED) is 0.409. The molecule has 0 unspecified atom stereocenters. The summed E-state index contributed by atoms with van der Waals surface area (Å²) in [6.45, 7) is 8.45. The van der Waals surface area contributed by atoms with Crippen LogP contribution in [-0.4, -0.2) is 47.7 Å². The summed E-state index contributed by atoms with van der Waals surface area (Å²) in [4.78, 5) is 10.5. The molecule has 0 fully saturated rings. The molecular formula is C12H27NO5Si. The number of hydrogen-bond acceptors (Lipinski definition) is 5. The van der Waals surface area contributed by atoms with Gasteiger partial charge in [-0.3, -0.25) is 4.79 Å². The number of rotatable bonds is 13. The van der Waals surface area contributed by atoms with E-state index in [2.05, 4.69) is 0 Å². The summed E-state index contributed by atoms with van der Waals surface area (Å²) < 4.78 is 22.5. The largest absolute Gasteiger partial charge is 0.501 e. The van der Waals surface area contributed by atoms with Gasteiger partial charge in [-0.15, -0.1) is 0 Å². The number of ether oxygens (including phenoxy) is 1.